The summed E-state index contributed by atoms with van der Waals surface area (Å²) in [4.78, 5) is 7.71. The maximum atomic E-state index is 6.08. The van der Waals surface area contributed by atoms with Crippen LogP contribution in [-0.2, 0) is 0 Å². The maximum absolute atomic E-state index is 6.08. The van der Waals surface area contributed by atoms with Gasteiger partial charge in [-0.1, -0.05) is 34.8 Å². The predicted molar refractivity (Wildman–Crippen MR) is 71.3 cm³/mol. The van der Waals surface area contributed by atoms with Crippen molar-refractivity contribution in [2.24, 2.45) is 0 Å². The molecule has 7 heteroatoms. The fourth-order valence-corrected chi connectivity index (χ4v) is 2.07. The zero-order chi connectivity index (χ0) is 12.6. The van der Waals surface area contributed by atoms with E-state index in [0.717, 1.165) is 0 Å². The first-order chi connectivity index (χ1) is 7.99. The molecule has 4 nitrogen and oxygen atoms in total. The van der Waals surface area contributed by atoms with Crippen molar-refractivity contribution in [3.63, 3.8) is 0 Å². The Labute approximate surface area is 113 Å². The number of nitrogen functional groups attached to an aromatic ring is 2. The van der Waals surface area contributed by atoms with Crippen LogP contribution in [0.2, 0.25) is 15.1 Å². The second-order valence-electron chi connectivity index (χ2n) is 3.28. The Morgan fingerprint density at radius 3 is 2.35 bits per heavy atom. The number of halogens is 3. The monoisotopic (exact) mass is 288 g/mol. The van der Waals surface area contributed by atoms with Crippen LogP contribution in [0.3, 0.4) is 0 Å². The van der Waals surface area contributed by atoms with E-state index in [2.05, 4.69) is 9.97 Å². The molecular weight excluding hydrogens is 282 g/mol. The Kier molecular flexibility index (Phi) is 3.28. The van der Waals surface area contributed by atoms with Crippen molar-refractivity contribution in [3.8, 4) is 11.1 Å². The van der Waals surface area contributed by atoms with Crippen LogP contribution in [-0.4, -0.2) is 9.97 Å². The van der Waals surface area contributed by atoms with Crippen molar-refractivity contribution in [2.75, 3.05) is 11.5 Å². The molecule has 1 aromatic heterocycles. The number of aromatic nitrogens is 2. The van der Waals surface area contributed by atoms with Crippen LogP contribution in [0.15, 0.2) is 18.3 Å². The van der Waals surface area contributed by atoms with Crippen LogP contribution in [0.4, 0.5) is 11.8 Å². The summed E-state index contributed by atoms with van der Waals surface area (Å²) in [7, 11) is 0. The van der Waals surface area contributed by atoms with Crippen LogP contribution in [0, 0.1) is 0 Å². The molecule has 0 amide bonds. The summed E-state index contributed by atoms with van der Waals surface area (Å²) >= 11 is 17.9. The Bertz CT molecular complexity index is 586. The molecule has 0 saturated heterocycles. The highest BCUT2D eigenvalue weighted by Gasteiger charge is 2.13. The second kappa shape index (κ2) is 4.56. The van der Waals surface area contributed by atoms with Gasteiger partial charge < -0.3 is 11.5 Å². The van der Waals surface area contributed by atoms with Gasteiger partial charge in [0.2, 0.25) is 5.95 Å². The first-order valence-electron chi connectivity index (χ1n) is 4.52. The van der Waals surface area contributed by atoms with E-state index < -0.39 is 0 Å². The van der Waals surface area contributed by atoms with E-state index in [1.165, 1.54) is 6.20 Å². The van der Waals surface area contributed by atoms with Gasteiger partial charge in [0.15, 0.2) is 0 Å². The van der Waals surface area contributed by atoms with E-state index in [1.807, 2.05) is 0 Å². The molecular formula is C10H7Cl3N4. The fourth-order valence-electron chi connectivity index (χ4n) is 1.37. The zero-order valence-corrected chi connectivity index (χ0v) is 10.7. The van der Waals surface area contributed by atoms with Crippen LogP contribution in [0.25, 0.3) is 11.1 Å². The summed E-state index contributed by atoms with van der Waals surface area (Å²) in [6, 6.07) is 3.18. The summed E-state index contributed by atoms with van der Waals surface area (Å²) in [6.45, 7) is 0. The van der Waals surface area contributed by atoms with Gasteiger partial charge in [-0.15, -0.1) is 0 Å². The van der Waals surface area contributed by atoms with Crippen molar-refractivity contribution in [1.82, 2.24) is 9.97 Å². The van der Waals surface area contributed by atoms with Gasteiger partial charge in [-0.25, -0.2) is 4.98 Å². The molecule has 0 aliphatic rings. The largest absolute Gasteiger partial charge is 0.383 e. The summed E-state index contributed by atoms with van der Waals surface area (Å²) in [5, 5.41) is 1.13. The molecule has 0 radical (unpaired) electrons. The first-order valence-corrected chi connectivity index (χ1v) is 5.65. The summed E-state index contributed by atoms with van der Waals surface area (Å²) in [5.74, 6) is 0.313. The van der Waals surface area contributed by atoms with Crippen LogP contribution in [0.1, 0.15) is 0 Å². The first kappa shape index (κ1) is 12.2. The van der Waals surface area contributed by atoms with Crippen molar-refractivity contribution < 1.29 is 0 Å². The molecule has 2 rings (SSSR count). The number of nitrogens with two attached hydrogens (primary N) is 2. The number of hydrogen-bond donors (Lipinski definition) is 2. The Morgan fingerprint density at radius 1 is 1.00 bits per heavy atom. The summed E-state index contributed by atoms with van der Waals surface area (Å²) < 4.78 is 0. The van der Waals surface area contributed by atoms with Crippen molar-refractivity contribution in [1.29, 1.82) is 0 Å². The highest BCUT2D eigenvalue weighted by atomic mass is 35.5. The van der Waals surface area contributed by atoms with E-state index in [1.54, 1.807) is 12.1 Å². The second-order valence-corrected chi connectivity index (χ2v) is 4.50. The minimum atomic E-state index is 0.0931. The molecule has 2 aromatic rings. The van der Waals surface area contributed by atoms with Crippen molar-refractivity contribution in [3.05, 3.63) is 33.4 Å². The van der Waals surface area contributed by atoms with Gasteiger partial charge in [0, 0.05) is 22.3 Å². The average molecular weight is 290 g/mol. The SMILES string of the molecule is Nc1ncc(-c2cc(Cl)cc(Cl)c2Cl)c(N)n1. The third-order valence-electron chi connectivity index (χ3n) is 2.12. The third-order valence-corrected chi connectivity index (χ3v) is 3.14. The number of hydrogen-bond acceptors (Lipinski definition) is 4. The molecule has 0 spiro atoms. The fraction of sp³-hybridized carbons (Fsp3) is 0. The molecule has 4 N–H and O–H groups in total. The van der Waals surface area contributed by atoms with E-state index in [4.69, 9.17) is 46.3 Å². The predicted octanol–water partition coefficient (Wildman–Crippen LogP) is 3.27. The quantitative estimate of drug-likeness (QED) is 0.790. The van der Waals surface area contributed by atoms with Gasteiger partial charge in [0.05, 0.1) is 10.0 Å². The number of rotatable bonds is 1. The summed E-state index contributed by atoms with van der Waals surface area (Å²) in [5.41, 5.74) is 12.3. The maximum Gasteiger partial charge on any atom is 0.221 e. The van der Waals surface area contributed by atoms with Gasteiger partial charge in [-0.05, 0) is 12.1 Å². The molecule has 1 aromatic carbocycles. The minimum absolute atomic E-state index is 0.0931. The van der Waals surface area contributed by atoms with Crippen LogP contribution >= 0.6 is 34.8 Å². The third kappa shape index (κ3) is 2.39. The van der Waals surface area contributed by atoms with Crippen molar-refractivity contribution >= 4 is 46.6 Å². The topological polar surface area (TPSA) is 77.8 Å². The highest BCUT2D eigenvalue weighted by Crippen LogP contribution is 2.37. The van der Waals surface area contributed by atoms with Crippen LogP contribution in [0.5, 0.6) is 0 Å². The Hall–Kier alpha value is -1.23. The molecule has 17 heavy (non-hydrogen) atoms. The molecule has 1 heterocycles. The van der Waals surface area contributed by atoms with E-state index >= 15 is 0 Å². The van der Waals surface area contributed by atoms with Gasteiger partial charge in [-0.2, -0.15) is 4.98 Å². The van der Waals surface area contributed by atoms with Gasteiger partial charge in [0.1, 0.15) is 5.82 Å². The Balaban J connectivity index is 2.68. The Morgan fingerprint density at radius 2 is 1.71 bits per heavy atom. The van der Waals surface area contributed by atoms with Gasteiger partial charge >= 0.3 is 0 Å². The van der Waals surface area contributed by atoms with E-state index in [-0.39, 0.29) is 11.8 Å². The van der Waals surface area contributed by atoms with E-state index in [0.29, 0.717) is 26.2 Å². The average Bonchev–Trinajstić information content (AvgIpc) is 2.24. The number of benzene rings is 1. The van der Waals surface area contributed by atoms with E-state index in [9.17, 15) is 0 Å². The molecule has 0 atom stereocenters. The normalized spacial score (nSPS) is 10.5. The summed E-state index contributed by atoms with van der Waals surface area (Å²) in [6.07, 6.45) is 1.48. The number of anilines is 2. The lowest BCUT2D eigenvalue weighted by Gasteiger charge is -2.09. The molecule has 88 valence electrons. The lowest BCUT2D eigenvalue weighted by atomic mass is 10.1. The minimum Gasteiger partial charge on any atom is -0.383 e. The molecule has 0 bridgehead atoms. The zero-order valence-electron chi connectivity index (χ0n) is 8.42. The molecule has 0 saturated carbocycles. The van der Waals surface area contributed by atoms with Crippen molar-refractivity contribution in [2.45, 2.75) is 0 Å². The molecule has 0 unspecified atom stereocenters. The smallest absolute Gasteiger partial charge is 0.221 e. The van der Waals surface area contributed by atoms with Gasteiger partial charge in [0.25, 0.3) is 0 Å². The molecule has 0 fully saturated rings. The molecule has 0 aliphatic heterocycles. The molecule has 0 aliphatic carbocycles. The van der Waals surface area contributed by atoms with Crippen LogP contribution < -0.4 is 11.5 Å². The highest BCUT2D eigenvalue weighted by molar-refractivity contribution is 6.45. The lowest BCUT2D eigenvalue weighted by molar-refractivity contribution is 1.20. The lowest BCUT2D eigenvalue weighted by Crippen LogP contribution is -2.01. The standard InChI is InChI=1S/C10H7Cl3N4/c11-4-1-5(8(13)7(12)2-4)6-3-16-10(15)17-9(6)14/h1-3H,(H4,14,15,16,17). The van der Waals surface area contributed by atoms with Gasteiger partial charge in [-0.3, -0.25) is 0 Å². The number of nitrogens with zero attached hydrogens (tertiary/aromatic N) is 2.